The summed E-state index contributed by atoms with van der Waals surface area (Å²) in [6.07, 6.45) is 1.48. The first kappa shape index (κ1) is 23.9. The molecule has 0 aliphatic carbocycles. The van der Waals surface area contributed by atoms with Crippen molar-refractivity contribution in [2.45, 2.75) is 13.8 Å². The molecule has 3 aromatic rings. The van der Waals surface area contributed by atoms with Gasteiger partial charge in [0, 0.05) is 6.07 Å². The molecule has 33 heavy (non-hydrogen) atoms. The number of amides is 1. The van der Waals surface area contributed by atoms with Gasteiger partial charge in [0.2, 0.25) is 0 Å². The third-order valence-electron chi connectivity index (χ3n) is 4.42. The zero-order valence-corrected chi connectivity index (χ0v) is 19.9. The van der Waals surface area contributed by atoms with Crippen molar-refractivity contribution in [3.05, 3.63) is 69.4 Å². The Bertz CT molecular complexity index is 1210. The van der Waals surface area contributed by atoms with Gasteiger partial charge in [0.15, 0.2) is 17.3 Å². The third kappa shape index (κ3) is 6.60. The van der Waals surface area contributed by atoms with E-state index in [1.165, 1.54) is 6.08 Å². The largest absolute Gasteiger partial charge is 0.493 e. The van der Waals surface area contributed by atoms with Crippen LogP contribution in [0.3, 0.4) is 0 Å². The molecule has 1 N–H and O–H groups in total. The molecule has 8 nitrogen and oxygen atoms in total. The number of carbonyl (C=O) groups is 1. The van der Waals surface area contributed by atoms with Crippen molar-refractivity contribution in [2.24, 2.45) is 0 Å². The molecule has 0 spiro atoms. The average Bonchev–Trinajstić information content (AvgIpc) is 3.21. The predicted molar refractivity (Wildman–Crippen MR) is 126 cm³/mol. The quantitative estimate of drug-likeness (QED) is 0.243. The normalized spacial score (nSPS) is 10.9. The number of carbonyl (C=O) groups excluding carboxylic acids is 1. The van der Waals surface area contributed by atoms with Crippen LogP contribution in [0, 0.1) is 25.2 Å². The minimum Gasteiger partial charge on any atom is -0.493 e. The van der Waals surface area contributed by atoms with Crippen LogP contribution in [0.2, 0.25) is 0 Å². The summed E-state index contributed by atoms with van der Waals surface area (Å²) in [6.45, 7) is 4.33. The summed E-state index contributed by atoms with van der Waals surface area (Å²) in [4.78, 5) is 12.3. The first-order valence-corrected chi connectivity index (χ1v) is 10.7. The van der Waals surface area contributed by atoms with Crippen LogP contribution in [-0.2, 0) is 4.79 Å². The highest BCUT2D eigenvalue weighted by atomic mass is 79.9. The maximum absolute atomic E-state index is 12.3. The van der Waals surface area contributed by atoms with Crippen LogP contribution in [0.4, 0.5) is 5.82 Å². The predicted octanol–water partition coefficient (Wildman–Crippen LogP) is 5.07. The van der Waals surface area contributed by atoms with Crippen molar-refractivity contribution in [1.82, 2.24) is 5.16 Å². The molecule has 3 rings (SSSR count). The fourth-order valence-electron chi connectivity index (χ4n) is 2.85. The Morgan fingerprint density at radius 2 is 1.85 bits per heavy atom. The minimum absolute atomic E-state index is 0.0725. The van der Waals surface area contributed by atoms with Gasteiger partial charge in [0.05, 0.1) is 11.6 Å². The number of anilines is 1. The van der Waals surface area contributed by atoms with Gasteiger partial charge in [0.25, 0.3) is 5.91 Å². The van der Waals surface area contributed by atoms with E-state index < -0.39 is 5.91 Å². The number of methoxy groups -OCH3 is 1. The second-order valence-corrected chi connectivity index (χ2v) is 7.84. The molecule has 0 saturated carbocycles. The van der Waals surface area contributed by atoms with Crippen LogP contribution in [0.15, 0.2) is 57.0 Å². The van der Waals surface area contributed by atoms with E-state index in [2.05, 4.69) is 26.4 Å². The van der Waals surface area contributed by atoms with Crippen LogP contribution in [0.1, 0.15) is 16.9 Å². The number of halogens is 1. The highest BCUT2D eigenvalue weighted by Gasteiger charge is 2.12. The molecular formula is C24H22BrN3O5. The molecule has 170 valence electrons. The molecular weight excluding hydrogens is 490 g/mol. The molecule has 0 atom stereocenters. The molecule has 0 saturated heterocycles. The van der Waals surface area contributed by atoms with Crippen LogP contribution < -0.4 is 19.5 Å². The van der Waals surface area contributed by atoms with Crippen LogP contribution >= 0.6 is 15.9 Å². The lowest BCUT2D eigenvalue weighted by atomic mass is 10.1. The van der Waals surface area contributed by atoms with E-state index in [0.29, 0.717) is 46.3 Å². The van der Waals surface area contributed by atoms with E-state index in [1.54, 1.807) is 38.3 Å². The van der Waals surface area contributed by atoms with E-state index in [9.17, 15) is 10.1 Å². The number of nitrogens with zero attached hydrogens (tertiary/aromatic N) is 2. The molecule has 0 aliphatic rings. The molecule has 0 bridgehead atoms. The second-order valence-electron chi connectivity index (χ2n) is 6.99. The number of nitriles is 1. The lowest BCUT2D eigenvalue weighted by molar-refractivity contribution is -0.112. The lowest BCUT2D eigenvalue weighted by Crippen LogP contribution is -2.13. The van der Waals surface area contributed by atoms with Crippen molar-refractivity contribution < 1.29 is 23.5 Å². The molecule has 9 heteroatoms. The van der Waals surface area contributed by atoms with Crippen molar-refractivity contribution in [3.8, 4) is 23.3 Å². The standard InChI is InChI=1S/C24H22BrN3O5/c1-15-4-6-21(22(10-15)30-3)32-9-8-31-20-7-5-17(13-19(20)25)12-18(14-26)24(29)27-23-11-16(2)33-28-23/h4-7,10-13H,8-9H2,1-3H3,(H,27,28,29). The third-order valence-corrected chi connectivity index (χ3v) is 5.04. The van der Waals surface area contributed by atoms with Crippen LogP contribution in [-0.4, -0.2) is 31.4 Å². The number of hydrogen-bond donors (Lipinski definition) is 1. The summed E-state index contributed by atoms with van der Waals surface area (Å²) in [7, 11) is 1.60. The maximum Gasteiger partial charge on any atom is 0.267 e. The Balaban J connectivity index is 1.58. The van der Waals surface area contributed by atoms with Gasteiger partial charge in [-0.15, -0.1) is 0 Å². The summed E-state index contributed by atoms with van der Waals surface area (Å²) in [5.41, 5.74) is 1.66. The molecule has 2 aromatic carbocycles. The van der Waals surface area contributed by atoms with Crippen molar-refractivity contribution in [1.29, 1.82) is 5.26 Å². The summed E-state index contributed by atoms with van der Waals surface area (Å²) in [5.74, 6) is 2.14. The van der Waals surface area contributed by atoms with E-state index >= 15 is 0 Å². The lowest BCUT2D eigenvalue weighted by Gasteiger charge is -2.13. The van der Waals surface area contributed by atoms with Crippen LogP contribution in [0.5, 0.6) is 17.2 Å². The topological polar surface area (TPSA) is 107 Å². The van der Waals surface area contributed by atoms with E-state index in [0.717, 1.165) is 5.56 Å². The van der Waals surface area contributed by atoms with Crippen molar-refractivity contribution in [2.75, 3.05) is 25.6 Å². The van der Waals surface area contributed by atoms with Crippen molar-refractivity contribution in [3.63, 3.8) is 0 Å². The Hall–Kier alpha value is -3.77. The number of ether oxygens (including phenoxy) is 3. The average molecular weight is 512 g/mol. The molecule has 0 unspecified atom stereocenters. The highest BCUT2D eigenvalue weighted by molar-refractivity contribution is 9.10. The zero-order chi connectivity index (χ0) is 23.8. The van der Waals surface area contributed by atoms with Gasteiger partial charge in [-0.05, 0) is 71.2 Å². The summed E-state index contributed by atoms with van der Waals surface area (Å²) in [5, 5.41) is 15.6. The Morgan fingerprint density at radius 3 is 2.48 bits per heavy atom. The Morgan fingerprint density at radius 1 is 1.12 bits per heavy atom. The number of hydrogen-bond acceptors (Lipinski definition) is 7. The van der Waals surface area contributed by atoms with E-state index in [1.807, 2.05) is 31.2 Å². The monoisotopic (exact) mass is 511 g/mol. The van der Waals surface area contributed by atoms with Crippen molar-refractivity contribution >= 4 is 33.7 Å². The van der Waals surface area contributed by atoms with Gasteiger partial charge < -0.3 is 24.1 Å². The summed E-state index contributed by atoms with van der Waals surface area (Å²) >= 11 is 3.46. The Kier molecular flexibility index (Phi) is 8.11. The van der Waals surface area contributed by atoms with E-state index in [-0.39, 0.29) is 11.4 Å². The molecule has 0 radical (unpaired) electrons. The van der Waals surface area contributed by atoms with Gasteiger partial charge >= 0.3 is 0 Å². The molecule has 1 aromatic heterocycles. The first-order valence-electron chi connectivity index (χ1n) is 9.96. The minimum atomic E-state index is -0.578. The van der Waals surface area contributed by atoms with Crippen LogP contribution in [0.25, 0.3) is 6.08 Å². The SMILES string of the molecule is COc1cc(C)ccc1OCCOc1ccc(C=C(C#N)C(=O)Nc2cc(C)on2)cc1Br. The van der Waals surface area contributed by atoms with Gasteiger partial charge in [-0.3, -0.25) is 4.79 Å². The van der Waals surface area contributed by atoms with Gasteiger partial charge in [0.1, 0.15) is 36.4 Å². The molecule has 1 heterocycles. The number of nitrogens with one attached hydrogen (secondary N) is 1. The second kappa shape index (κ2) is 11.2. The first-order chi connectivity index (χ1) is 15.9. The van der Waals surface area contributed by atoms with Gasteiger partial charge in [-0.25, -0.2) is 0 Å². The van der Waals surface area contributed by atoms with Gasteiger partial charge in [-0.1, -0.05) is 17.3 Å². The fraction of sp³-hybridized carbons (Fsp3) is 0.208. The zero-order valence-electron chi connectivity index (χ0n) is 18.3. The number of aryl methyl sites for hydroxylation is 2. The summed E-state index contributed by atoms with van der Waals surface area (Å²) < 4.78 is 22.4. The molecule has 0 aliphatic heterocycles. The highest BCUT2D eigenvalue weighted by Crippen LogP contribution is 2.29. The maximum atomic E-state index is 12.3. The number of benzene rings is 2. The van der Waals surface area contributed by atoms with E-state index in [4.69, 9.17) is 18.7 Å². The van der Waals surface area contributed by atoms with Gasteiger partial charge in [-0.2, -0.15) is 5.26 Å². The smallest absolute Gasteiger partial charge is 0.267 e. The molecule has 0 fully saturated rings. The summed E-state index contributed by atoms with van der Waals surface area (Å²) in [6, 6.07) is 14.4. The number of rotatable bonds is 9. The molecule has 1 amide bonds. The number of aromatic nitrogens is 1. The fourth-order valence-corrected chi connectivity index (χ4v) is 3.36. The Labute approximate surface area is 199 Å².